The number of fused-ring (bicyclic) bond motifs is 1. The van der Waals surface area contributed by atoms with Crippen molar-refractivity contribution in [2.75, 3.05) is 5.32 Å². The molecular formula is C21H20N2OS. The maximum absolute atomic E-state index is 12.3. The van der Waals surface area contributed by atoms with Crippen LogP contribution in [0.5, 0.6) is 0 Å². The van der Waals surface area contributed by atoms with E-state index >= 15 is 0 Å². The number of hydrogen-bond acceptors (Lipinski definition) is 3. The first-order chi connectivity index (χ1) is 12.3. The lowest BCUT2D eigenvalue weighted by Gasteiger charge is -2.17. The molecule has 1 heterocycles. The summed E-state index contributed by atoms with van der Waals surface area (Å²) in [5, 5.41) is 4.16. The van der Waals surface area contributed by atoms with E-state index < -0.39 is 0 Å². The summed E-state index contributed by atoms with van der Waals surface area (Å²) in [5.74, 6) is 0.232. The van der Waals surface area contributed by atoms with E-state index in [0.29, 0.717) is 0 Å². The van der Waals surface area contributed by atoms with Crippen LogP contribution in [0.3, 0.4) is 0 Å². The zero-order valence-electron chi connectivity index (χ0n) is 13.9. The van der Waals surface area contributed by atoms with Gasteiger partial charge in [-0.05, 0) is 49.1 Å². The van der Waals surface area contributed by atoms with Crippen molar-refractivity contribution in [3.8, 4) is 0 Å². The lowest BCUT2D eigenvalue weighted by molar-refractivity contribution is -0.120. The van der Waals surface area contributed by atoms with Gasteiger partial charge in [0.25, 0.3) is 0 Å². The zero-order chi connectivity index (χ0) is 17.1. The average molecular weight is 348 g/mol. The van der Waals surface area contributed by atoms with Gasteiger partial charge in [-0.2, -0.15) is 0 Å². The molecule has 0 spiro atoms. The van der Waals surface area contributed by atoms with E-state index in [1.54, 1.807) is 11.3 Å². The lowest BCUT2D eigenvalue weighted by atomic mass is 9.93. The number of nitrogens with one attached hydrogen (secondary N) is 1. The van der Waals surface area contributed by atoms with Gasteiger partial charge < -0.3 is 5.32 Å². The zero-order valence-corrected chi connectivity index (χ0v) is 14.8. The Morgan fingerprint density at radius 2 is 1.96 bits per heavy atom. The minimum Gasteiger partial charge on any atom is -0.326 e. The molecule has 4 rings (SSSR count). The standard InChI is InChI=1S/C21H20N2OS/c24-21(16-6-2-1-3-7-16)22-17-12-10-15(11-13-17)14-20-23-18-8-4-5-9-19(18)25-20/h1-2,4-5,8-13,16H,3,6-7,14H2,(H,22,24)/t16-/m0/s1. The minimum atomic E-state index is 0.104. The number of carbonyl (C=O) groups excluding carboxylic acids is 1. The van der Waals surface area contributed by atoms with Crippen molar-refractivity contribution < 1.29 is 4.79 Å². The van der Waals surface area contributed by atoms with Crippen LogP contribution in [0.25, 0.3) is 10.2 Å². The summed E-state index contributed by atoms with van der Waals surface area (Å²) in [6, 6.07) is 16.3. The van der Waals surface area contributed by atoms with Crippen LogP contribution in [0, 0.1) is 5.92 Å². The first kappa shape index (κ1) is 16.0. The fourth-order valence-corrected chi connectivity index (χ4v) is 4.15. The first-order valence-corrected chi connectivity index (χ1v) is 9.49. The predicted molar refractivity (Wildman–Crippen MR) is 104 cm³/mol. The SMILES string of the molecule is O=C(Nc1ccc(Cc2nc3ccccc3s2)cc1)[C@H]1CC=CCC1. The van der Waals surface area contributed by atoms with Gasteiger partial charge in [-0.3, -0.25) is 4.79 Å². The molecule has 1 aliphatic carbocycles. The summed E-state index contributed by atoms with van der Waals surface area (Å²) in [6.45, 7) is 0. The Labute approximate surface area is 151 Å². The van der Waals surface area contributed by atoms with Crippen LogP contribution in [0.15, 0.2) is 60.7 Å². The third-order valence-corrected chi connectivity index (χ3v) is 5.59. The highest BCUT2D eigenvalue weighted by molar-refractivity contribution is 7.18. The number of allylic oxidation sites excluding steroid dienone is 2. The van der Waals surface area contributed by atoms with Crippen LogP contribution >= 0.6 is 11.3 Å². The van der Waals surface area contributed by atoms with E-state index in [4.69, 9.17) is 0 Å². The minimum absolute atomic E-state index is 0.104. The van der Waals surface area contributed by atoms with Crippen LogP contribution in [0.1, 0.15) is 29.8 Å². The number of para-hydroxylation sites is 1. The maximum Gasteiger partial charge on any atom is 0.227 e. The Morgan fingerprint density at radius 1 is 1.12 bits per heavy atom. The molecule has 0 unspecified atom stereocenters. The molecule has 4 heteroatoms. The van der Waals surface area contributed by atoms with Crippen LogP contribution < -0.4 is 5.32 Å². The Hall–Kier alpha value is -2.46. The second-order valence-corrected chi connectivity index (χ2v) is 7.53. The molecule has 1 atom stereocenters. The van der Waals surface area contributed by atoms with Gasteiger partial charge in [-0.1, -0.05) is 36.4 Å². The summed E-state index contributed by atoms with van der Waals surface area (Å²) in [6.07, 6.45) is 7.87. The highest BCUT2D eigenvalue weighted by atomic mass is 32.1. The summed E-state index contributed by atoms with van der Waals surface area (Å²) >= 11 is 1.74. The van der Waals surface area contributed by atoms with Crippen molar-refractivity contribution in [1.82, 2.24) is 4.98 Å². The molecule has 1 aromatic heterocycles. The number of amides is 1. The van der Waals surface area contributed by atoms with E-state index in [-0.39, 0.29) is 11.8 Å². The summed E-state index contributed by atoms with van der Waals surface area (Å²) in [4.78, 5) is 17.0. The lowest BCUT2D eigenvalue weighted by Crippen LogP contribution is -2.23. The predicted octanol–water partition coefficient (Wildman–Crippen LogP) is 5.18. The van der Waals surface area contributed by atoms with Crippen molar-refractivity contribution in [2.24, 2.45) is 5.92 Å². The smallest absolute Gasteiger partial charge is 0.227 e. The van der Waals surface area contributed by atoms with Gasteiger partial charge in [0.2, 0.25) is 5.91 Å². The van der Waals surface area contributed by atoms with Crippen molar-refractivity contribution in [1.29, 1.82) is 0 Å². The van der Waals surface area contributed by atoms with Gasteiger partial charge in [0, 0.05) is 18.0 Å². The van der Waals surface area contributed by atoms with Gasteiger partial charge in [0.05, 0.1) is 15.2 Å². The molecule has 3 nitrogen and oxygen atoms in total. The summed E-state index contributed by atoms with van der Waals surface area (Å²) in [5.41, 5.74) is 3.14. The molecular weight excluding hydrogens is 328 g/mol. The second kappa shape index (κ2) is 7.19. The van der Waals surface area contributed by atoms with Gasteiger partial charge in [0.15, 0.2) is 0 Å². The Morgan fingerprint density at radius 3 is 2.72 bits per heavy atom. The Balaban J connectivity index is 1.41. The highest BCUT2D eigenvalue weighted by Crippen LogP contribution is 2.24. The van der Waals surface area contributed by atoms with Crippen LogP contribution in [-0.2, 0) is 11.2 Å². The molecule has 3 aromatic rings. The monoisotopic (exact) mass is 348 g/mol. The molecule has 1 N–H and O–H groups in total. The number of hydrogen-bond donors (Lipinski definition) is 1. The van der Waals surface area contributed by atoms with Gasteiger partial charge in [0.1, 0.15) is 0 Å². The number of thiazole rings is 1. The van der Waals surface area contributed by atoms with E-state index in [9.17, 15) is 4.79 Å². The van der Waals surface area contributed by atoms with Crippen molar-refractivity contribution in [3.05, 3.63) is 71.3 Å². The Kier molecular flexibility index (Phi) is 4.61. The summed E-state index contributed by atoms with van der Waals surface area (Å²) < 4.78 is 1.22. The molecule has 25 heavy (non-hydrogen) atoms. The summed E-state index contributed by atoms with van der Waals surface area (Å²) in [7, 11) is 0. The Bertz CT molecular complexity index is 878. The van der Waals surface area contributed by atoms with Crippen molar-refractivity contribution >= 4 is 33.1 Å². The number of carbonyl (C=O) groups is 1. The van der Waals surface area contributed by atoms with Gasteiger partial charge >= 0.3 is 0 Å². The van der Waals surface area contributed by atoms with Crippen LogP contribution in [0.4, 0.5) is 5.69 Å². The first-order valence-electron chi connectivity index (χ1n) is 8.67. The third-order valence-electron chi connectivity index (χ3n) is 4.55. The normalized spacial score (nSPS) is 16.9. The molecule has 1 aliphatic rings. The molecule has 0 fully saturated rings. The molecule has 126 valence electrons. The average Bonchev–Trinajstić information content (AvgIpc) is 3.06. The van der Waals surface area contributed by atoms with Gasteiger partial charge in [-0.25, -0.2) is 4.98 Å². The van der Waals surface area contributed by atoms with Crippen LogP contribution in [0.2, 0.25) is 0 Å². The quantitative estimate of drug-likeness (QED) is 0.660. The number of benzene rings is 2. The molecule has 0 aliphatic heterocycles. The van der Waals surface area contributed by atoms with E-state index in [1.165, 1.54) is 10.3 Å². The molecule has 2 aromatic carbocycles. The van der Waals surface area contributed by atoms with E-state index in [1.807, 2.05) is 24.3 Å². The topological polar surface area (TPSA) is 42.0 Å². The van der Waals surface area contributed by atoms with Crippen molar-refractivity contribution in [2.45, 2.75) is 25.7 Å². The maximum atomic E-state index is 12.3. The molecule has 0 saturated carbocycles. The molecule has 0 saturated heterocycles. The number of rotatable bonds is 4. The fraction of sp³-hybridized carbons (Fsp3) is 0.238. The van der Waals surface area contributed by atoms with Crippen molar-refractivity contribution in [3.63, 3.8) is 0 Å². The number of aromatic nitrogens is 1. The molecule has 0 bridgehead atoms. The highest BCUT2D eigenvalue weighted by Gasteiger charge is 2.18. The third kappa shape index (κ3) is 3.80. The van der Waals surface area contributed by atoms with Crippen LogP contribution in [-0.4, -0.2) is 10.9 Å². The number of anilines is 1. The number of nitrogens with zero attached hydrogens (tertiary/aromatic N) is 1. The molecule has 1 amide bonds. The molecule has 0 radical (unpaired) electrons. The van der Waals surface area contributed by atoms with Gasteiger partial charge in [-0.15, -0.1) is 11.3 Å². The second-order valence-electron chi connectivity index (χ2n) is 6.42. The fourth-order valence-electron chi connectivity index (χ4n) is 3.15. The van der Waals surface area contributed by atoms with E-state index in [0.717, 1.165) is 41.9 Å². The largest absolute Gasteiger partial charge is 0.326 e. The van der Waals surface area contributed by atoms with E-state index in [2.05, 4.69) is 46.7 Å².